The number of benzene rings is 3. The van der Waals surface area contributed by atoms with Gasteiger partial charge in [0.1, 0.15) is 36.0 Å². The van der Waals surface area contributed by atoms with Gasteiger partial charge in [-0.15, -0.1) is 0 Å². The van der Waals surface area contributed by atoms with Crippen LogP contribution in [0.15, 0.2) is 108 Å². The first kappa shape index (κ1) is 49.1. The second-order valence-corrected chi connectivity index (χ2v) is 17.4. The fraction of sp³-hybridized carbons (Fsp3) is 0.327. The largest absolute Gasteiger partial charge is 0.491 e. The first-order valence-electron chi connectivity index (χ1n) is 23.5. The first-order chi connectivity index (χ1) is 34.4. The fourth-order valence-electron chi connectivity index (χ4n) is 8.79. The maximum Gasteiger partial charge on any atom is 0.322 e. The summed E-state index contributed by atoms with van der Waals surface area (Å²) in [5, 5.41) is 20.6. The smallest absolute Gasteiger partial charge is 0.322 e. The van der Waals surface area contributed by atoms with Gasteiger partial charge in [-0.3, -0.25) is 43.9 Å². The Morgan fingerprint density at radius 1 is 0.831 bits per heavy atom. The lowest BCUT2D eigenvalue weighted by Gasteiger charge is -2.37. The lowest BCUT2D eigenvalue weighted by molar-refractivity contribution is -0.136. The number of pyridine rings is 2. The number of aromatic nitrogens is 2. The maximum atomic E-state index is 14.1. The number of nitriles is 1. The molecule has 0 radical (unpaired) electrons. The van der Waals surface area contributed by atoms with Gasteiger partial charge in [0.25, 0.3) is 17.7 Å². The molecule has 71 heavy (non-hydrogen) atoms. The summed E-state index contributed by atoms with van der Waals surface area (Å²) < 4.78 is 18.7. The van der Waals surface area contributed by atoms with E-state index in [-0.39, 0.29) is 60.0 Å². The summed E-state index contributed by atoms with van der Waals surface area (Å²) in [4.78, 5) is 96.0. The van der Waals surface area contributed by atoms with Crippen LogP contribution in [0, 0.1) is 11.3 Å². The molecule has 4 N–H and O–H groups in total. The Morgan fingerprint density at radius 3 is 2.32 bits per heavy atom. The summed E-state index contributed by atoms with van der Waals surface area (Å²) in [5.74, 6) is -1.63. The Balaban J connectivity index is 0.753. The summed E-state index contributed by atoms with van der Waals surface area (Å²) in [6.07, 6.45) is 7.03. The summed E-state index contributed by atoms with van der Waals surface area (Å²) in [6.45, 7) is 1.13. The highest BCUT2D eigenvalue weighted by molar-refractivity contribution is 6.24. The van der Waals surface area contributed by atoms with Crippen LogP contribution in [0.3, 0.4) is 0 Å². The van der Waals surface area contributed by atoms with Gasteiger partial charge in [-0.25, -0.2) is 9.78 Å². The molecule has 5 aromatic rings. The van der Waals surface area contributed by atoms with Crippen molar-refractivity contribution in [3.63, 3.8) is 0 Å². The Bertz CT molecular complexity index is 2870. The van der Waals surface area contributed by atoms with Crippen molar-refractivity contribution in [1.82, 2.24) is 30.4 Å². The van der Waals surface area contributed by atoms with Gasteiger partial charge < -0.3 is 34.7 Å². The Kier molecular flexibility index (Phi) is 15.8. The molecular formula is C52H53N9O10. The van der Waals surface area contributed by atoms with Crippen LogP contribution in [0.4, 0.5) is 16.3 Å². The Morgan fingerprint density at radius 2 is 1.61 bits per heavy atom. The maximum absolute atomic E-state index is 14.1. The van der Waals surface area contributed by atoms with Crippen molar-refractivity contribution in [1.29, 1.82) is 5.26 Å². The van der Waals surface area contributed by atoms with E-state index in [0.717, 1.165) is 53.0 Å². The topological polar surface area (TPSA) is 243 Å². The summed E-state index contributed by atoms with van der Waals surface area (Å²) in [6, 6.07) is 27.4. The van der Waals surface area contributed by atoms with Crippen molar-refractivity contribution in [2.75, 3.05) is 43.2 Å². The van der Waals surface area contributed by atoms with Crippen molar-refractivity contribution in [2.24, 2.45) is 7.05 Å². The molecule has 19 nitrogen and oxygen atoms in total. The number of carbonyl (C=O) groups excluding carboxylic acids is 6. The molecule has 8 rings (SSSR count). The molecule has 1 atom stereocenters. The highest BCUT2D eigenvalue weighted by Crippen LogP contribution is 2.34. The minimum Gasteiger partial charge on any atom is -0.491 e. The molecule has 3 aliphatic rings. The molecule has 3 aromatic carbocycles. The predicted molar refractivity (Wildman–Crippen MR) is 259 cm³/mol. The molecule has 1 saturated carbocycles. The van der Waals surface area contributed by atoms with Crippen LogP contribution in [-0.4, -0.2) is 101 Å². The van der Waals surface area contributed by atoms with Crippen molar-refractivity contribution in [3.05, 3.63) is 136 Å². The number of urea groups is 1. The minimum atomic E-state index is -1.11. The van der Waals surface area contributed by atoms with Gasteiger partial charge in [0.05, 0.1) is 23.3 Å². The van der Waals surface area contributed by atoms with Crippen LogP contribution < -0.4 is 41.2 Å². The van der Waals surface area contributed by atoms with Gasteiger partial charge in [0.2, 0.25) is 17.4 Å². The third kappa shape index (κ3) is 12.1. The molecule has 1 saturated heterocycles. The number of rotatable bonds is 19. The van der Waals surface area contributed by atoms with Gasteiger partial charge in [0, 0.05) is 69.4 Å². The van der Waals surface area contributed by atoms with Crippen molar-refractivity contribution < 1.29 is 43.0 Å². The van der Waals surface area contributed by atoms with Crippen LogP contribution in [0.2, 0.25) is 0 Å². The molecule has 0 spiro atoms. The van der Waals surface area contributed by atoms with Crippen LogP contribution in [0.1, 0.15) is 76.8 Å². The van der Waals surface area contributed by atoms with E-state index in [1.807, 2.05) is 53.4 Å². The van der Waals surface area contributed by atoms with E-state index in [2.05, 4.69) is 32.3 Å². The van der Waals surface area contributed by atoms with E-state index in [1.165, 1.54) is 28.8 Å². The number of nitrogens with one attached hydrogen (secondary N) is 4. The molecule has 2 aromatic heterocycles. The highest BCUT2D eigenvalue weighted by atomic mass is 16.5. The predicted octanol–water partition coefficient (Wildman–Crippen LogP) is 4.84. The molecule has 2 aliphatic heterocycles. The summed E-state index contributed by atoms with van der Waals surface area (Å²) in [5.41, 5.74) is 3.88. The van der Waals surface area contributed by atoms with Gasteiger partial charge in [-0.1, -0.05) is 30.3 Å². The lowest BCUT2D eigenvalue weighted by Crippen LogP contribution is -2.54. The van der Waals surface area contributed by atoms with E-state index in [0.29, 0.717) is 49.9 Å². The molecule has 1 unspecified atom stereocenters. The zero-order chi connectivity index (χ0) is 49.9. The Labute approximate surface area is 409 Å². The zero-order valence-electron chi connectivity index (χ0n) is 39.1. The average Bonchev–Trinajstić information content (AvgIpc) is 3.64. The molecular weight excluding hydrogens is 911 g/mol. The number of ether oxygens (including phenoxy) is 3. The van der Waals surface area contributed by atoms with E-state index in [4.69, 9.17) is 19.5 Å². The summed E-state index contributed by atoms with van der Waals surface area (Å²) in [7, 11) is 1.71. The number of amides is 7. The van der Waals surface area contributed by atoms with Crippen LogP contribution >= 0.6 is 0 Å². The van der Waals surface area contributed by atoms with E-state index >= 15 is 0 Å². The van der Waals surface area contributed by atoms with Crippen molar-refractivity contribution >= 4 is 47.1 Å². The third-order valence-electron chi connectivity index (χ3n) is 12.5. The number of aryl methyl sites for hydroxylation is 1. The van der Waals surface area contributed by atoms with E-state index in [9.17, 15) is 33.6 Å². The number of nitrogens with zero attached hydrogens (tertiary/aromatic N) is 5. The van der Waals surface area contributed by atoms with Gasteiger partial charge >= 0.3 is 6.03 Å². The van der Waals surface area contributed by atoms with Crippen LogP contribution in [0.5, 0.6) is 11.5 Å². The normalized spacial score (nSPS) is 17.4. The number of hydrogen-bond donors (Lipinski definition) is 4. The number of fused-ring (bicyclic) bond motifs is 1. The fourth-order valence-corrected chi connectivity index (χ4v) is 8.79. The third-order valence-corrected chi connectivity index (χ3v) is 12.5. The molecule has 4 heterocycles. The molecule has 1 aliphatic carbocycles. The molecule has 19 heteroatoms. The molecule has 2 fully saturated rings. The first-order valence-corrected chi connectivity index (χ1v) is 23.5. The van der Waals surface area contributed by atoms with E-state index in [1.54, 1.807) is 37.6 Å². The van der Waals surface area contributed by atoms with Crippen molar-refractivity contribution in [2.45, 2.75) is 69.6 Å². The second-order valence-electron chi connectivity index (χ2n) is 17.4. The molecule has 0 bridgehead atoms. The summed E-state index contributed by atoms with van der Waals surface area (Å²) >= 11 is 0. The second kappa shape index (κ2) is 22.8. The van der Waals surface area contributed by atoms with Crippen LogP contribution in [0.25, 0.3) is 11.1 Å². The number of imide groups is 2. The Hall–Kier alpha value is -8.37. The molecule has 366 valence electrons. The number of anilines is 2. The minimum absolute atomic E-state index is 0.000264. The molecule has 7 amide bonds. The van der Waals surface area contributed by atoms with E-state index < -0.39 is 42.2 Å². The standard InChI is InChI=1S/C52H53N9O10/c1-59-31-36(11-23-47(59)64)35-9-14-38(15-10-35)60(39-16-12-37(13-17-39)57-44-21-8-34(28-53)30-55-44)52(68)56-29-33-6-18-40(19-7-33)70-27-26-69-25-3-24-54-46(63)32-71-43-5-2-4-41-48(43)51(67)61(50(41)66)42-20-22-45(62)58-49(42)65/h2,4-11,14-15,18-19,21,23,30-31,37,39,42H,3,12-13,16-17,20,22,24-27,29,32H2,1H3,(H,54,63)(H,55,57)(H,56,68)(H,58,62,65)/t37-,39-,42?. The highest BCUT2D eigenvalue weighted by Gasteiger charge is 2.46. The van der Waals surface area contributed by atoms with Gasteiger partial charge in [0.15, 0.2) is 6.61 Å². The number of piperidine rings is 1. The van der Waals surface area contributed by atoms with Crippen molar-refractivity contribution in [3.8, 4) is 28.7 Å². The number of hydrogen-bond acceptors (Lipinski definition) is 13. The van der Waals surface area contributed by atoms with Crippen LogP contribution in [-0.2, 0) is 32.7 Å². The van der Waals surface area contributed by atoms with Gasteiger partial charge in [-0.05, 0) is 110 Å². The lowest BCUT2D eigenvalue weighted by atomic mass is 9.89. The monoisotopic (exact) mass is 963 g/mol. The SMILES string of the molecule is Cn1cc(-c2ccc(N(C(=O)NCc3ccc(OCCOCCCNC(=O)COc4cccc5c4C(=O)N(C4CCC(=O)NC4=O)C5=O)cc3)[C@H]3CC[C@H](Nc4ccc(C#N)cn4)CC3)cc2)ccc1=O. The quantitative estimate of drug-likeness (QED) is 0.0641. The van der Waals surface area contributed by atoms with Gasteiger partial charge in [-0.2, -0.15) is 5.26 Å². The average molecular weight is 964 g/mol. The number of carbonyl (C=O) groups is 6. The zero-order valence-corrected chi connectivity index (χ0v) is 39.1.